The van der Waals surface area contributed by atoms with Crippen LogP contribution in [0.25, 0.3) is 10.9 Å². The number of benzene rings is 1. The van der Waals surface area contributed by atoms with Crippen LogP contribution in [0, 0.1) is 0 Å². The molecule has 0 fully saturated rings. The van der Waals surface area contributed by atoms with E-state index in [-0.39, 0.29) is 27.4 Å². The number of ether oxygens (including phenoxy) is 1. The highest BCUT2D eigenvalue weighted by Crippen LogP contribution is 2.42. The van der Waals surface area contributed by atoms with Gasteiger partial charge in [0.05, 0.1) is 39.2 Å². The molecule has 0 saturated heterocycles. The molecule has 29 heavy (non-hydrogen) atoms. The van der Waals surface area contributed by atoms with E-state index in [2.05, 4.69) is 15.0 Å². The van der Waals surface area contributed by atoms with Gasteiger partial charge in [0.2, 0.25) is 5.88 Å². The standard InChI is InChI=1S/C16H12ClF3N4O4S/c17-11-9(16(18,19)20)3-8-12(23-15(27)24-14(8)26)13(11)29-6-7(5-25)28-10-4-21-1-2-22-10/h1-4,7,25H,5-6H2,(H2,23,24,26,27)/t7-/m0/s1. The molecule has 1 atom stereocenters. The van der Waals surface area contributed by atoms with Gasteiger partial charge in [0, 0.05) is 18.1 Å². The zero-order valence-corrected chi connectivity index (χ0v) is 15.9. The third kappa shape index (κ3) is 4.71. The van der Waals surface area contributed by atoms with E-state index in [1.54, 1.807) is 0 Å². The molecule has 0 unspecified atom stereocenters. The third-order valence-corrected chi connectivity index (χ3v) is 5.42. The fourth-order valence-electron chi connectivity index (χ4n) is 2.41. The molecule has 154 valence electrons. The molecule has 2 aromatic heterocycles. The Kier molecular flexibility index (Phi) is 6.15. The number of thioether (sulfide) groups is 1. The summed E-state index contributed by atoms with van der Waals surface area (Å²) in [7, 11) is 0. The molecule has 2 heterocycles. The second-order valence-corrected chi connectivity index (χ2v) is 7.08. The van der Waals surface area contributed by atoms with Crippen molar-refractivity contribution in [3.05, 3.63) is 56.1 Å². The van der Waals surface area contributed by atoms with E-state index in [1.165, 1.54) is 18.6 Å². The molecule has 3 rings (SSSR count). The van der Waals surface area contributed by atoms with Crippen LogP contribution in [-0.4, -0.2) is 43.5 Å². The first-order valence-electron chi connectivity index (χ1n) is 7.93. The lowest BCUT2D eigenvalue weighted by Gasteiger charge is -2.18. The van der Waals surface area contributed by atoms with Crippen LogP contribution < -0.4 is 16.0 Å². The van der Waals surface area contributed by atoms with Gasteiger partial charge in [0.25, 0.3) is 5.56 Å². The Labute approximate surface area is 169 Å². The number of fused-ring (bicyclic) bond motifs is 1. The van der Waals surface area contributed by atoms with Gasteiger partial charge in [-0.2, -0.15) is 13.2 Å². The van der Waals surface area contributed by atoms with Crippen molar-refractivity contribution in [2.75, 3.05) is 12.4 Å². The lowest BCUT2D eigenvalue weighted by Crippen LogP contribution is -2.25. The van der Waals surface area contributed by atoms with E-state index < -0.39 is 40.7 Å². The highest BCUT2D eigenvalue weighted by Gasteiger charge is 2.35. The van der Waals surface area contributed by atoms with Crippen molar-refractivity contribution in [1.29, 1.82) is 0 Å². The number of rotatable bonds is 6. The fourth-order valence-corrected chi connectivity index (χ4v) is 3.90. The van der Waals surface area contributed by atoms with Crippen LogP contribution >= 0.6 is 23.4 Å². The first-order valence-corrected chi connectivity index (χ1v) is 9.29. The topological polar surface area (TPSA) is 121 Å². The van der Waals surface area contributed by atoms with Crippen LogP contribution in [0.2, 0.25) is 5.02 Å². The van der Waals surface area contributed by atoms with Crippen molar-refractivity contribution in [3.8, 4) is 5.88 Å². The number of hydrogen-bond acceptors (Lipinski definition) is 7. The normalized spacial score (nSPS) is 12.9. The molecule has 0 aliphatic carbocycles. The number of hydrogen-bond donors (Lipinski definition) is 3. The van der Waals surface area contributed by atoms with Crippen molar-refractivity contribution < 1.29 is 23.0 Å². The van der Waals surface area contributed by atoms with Crippen molar-refractivity contribution >= 4 is 34.3 Å². The zero-order valence-electron chi connectivity index (χ0n) is 14.3. The summed E-state index contributed by atoms with van der Waals surface area (Å²) in [6, 6.07) is 0.579. The van der Waals surface area contributed by atoms with Gasteiger partial charge in [-0.3, -0.25) is 14.8 Å². The molecule has 0 spiro atoms. The molecule has 0 saturated carbocycles. The summed E-state index contributed by atoms with van der Waals surface area (Å²) >= 11 is 6.75. The van der Waals surface area contributed by atoms with E-state index in [0.717, 1.165) is 11.8 Å². The molecule has 0 bridgehead atoms. The number of aliphatic hydroxyl groups excluding tert-OH is 1. The van der Waals surface area contributed by atoms with Gasteiger partial charge in [-0.15, -0.1) is 11.8 Å². The van der Waals surface area contributed by atoms with Gasteiger partial charge in [-0.1, -0.05) is 11.6 Å². The largest absolute Gasteiger partial charge is 0.470 e. The first kappa shape index (κ1) is 21.1. The summed E-state index contributed by atoms with van der Waals surface area (Å²) < 4.78 is 45.5. The lowest BCUT2D eigenvalue weighted by atomic mass is 10.1. The number of aromatic amines is 2. The number of nitrogens with one attached hydrogen (secondary N) is 2. The summed E-state index contributed by atoms with van der Waals surface area (Å²) in [6.45, 7) is -0.477. The van der Waals surface area contributed by atoms with Crippen molar-refractivity contribution in [3.63, 3.8) is 0 Å². The minimum absolute atomic E-state index is 0.0575. The van der Waals surface area contributed by atoms with E-state index in [1.807, 2.05) is 4.98 Å². The number of halogens is 4. The van der Waals surface area contributed by atoms with Crippen molar-refractivity contribution in [2.24, 2.45) is 0 Å². The van der Waals surface area contributed by atoms with E-state index in [0.29, 0.717) is 6.07 Å². The summed E-state index contributed by atoms with van der Waals surface area (Å²) in [5.41, 5.74) is -3.24. The van der Waals surface area contributed by atoms with Crippen LogP contribution in [-0.2, 0) is 6.18 Å². The number of H-pyrrole nitrogens is 2. The predicted molar refractivity (Wildman–Crippen MR) is 99.5 cm³/mol. The molecule has 0 radical (unpaired) electrons. The van der Waals surface area contributed by atoms with Crippen LogP contribution in [0.5, 0.6) is 5.88 Å². The van der Waals surface area contributed by atoms with Crippen molar-refractivity contribution in [1.82, 2.24) is 19.9 Å². The monoisotopic (exact) mass is 448 g/mol. The molecule has 13 heteroatoms. The predicted octanol–water partition coefficient (Wildman–Crippen LogP) is 2.21. The van der Waals surface area contributed by atoms with E-state index in [9.17, 15) is 27.9 Å². The molecule has 8 nitrogen and oxygen atoms in total. The second kappa shape index (κ2) is 8.43. The van der Waals surface area contributed by atoms with Crippen LogP contribution in [0.1, 0.15) is 5.56 Å². The highest BCUT2D eigenvalue weighted by atomic mass is 35.5. The summed E-state index contributed by atoms with van der Waals surface area (Å²) in [6.07, 6.45) is -1.61. The Bertz CT molecular complexity index is 1140. The van der Waals surface area contributed by atoms with Gasteiger partial charge in [0.1, 0.15) is 6.10 Å². The molecule has 0 aliphatic heterocycles. The zero-order chi connectivity index (χ0) is 21.2. The van der Waals surface area contributed by atoms with Crippen LogP contribution in [0.4, 0.5) is 13.2 Å². The summed E-state index contributed by atoms with van der Waals surface area (Å²) in [4.78, 5) is 35.3. The van der Waals surface area contributed by atoms with Gasteiger partial charge < -0.3 is 14.8 Å². The molecule has 0 amide bonds. The minimum atomic E-state index is -4.82. The maximum absolute atomic E-state index is 13.4. The van der Waals surface area contributed by atoms with E-state index >= 15 is 0 Å². The quantitative estimate of drug-likeness (QED) is 0.494. The van der Waals surface area contributed by atoms with E-state index in [4.69, 9.17) is 16.3 Å². The number of alkyl halides is 3. The van der Waals surface area contributed by atoms with Gasteiger partial charge in [0.15, 0.2) is 0 Å². The van der Waals surface area contributed by atoms with Gasteiger partial charge in [-0.05, 0) is 6.07 Å². The Morgan fingerprint density at radius 2 is 2.03 bits per heavy atom. The SMILES string of the molecule is O=c1[nH]c(=O)c2cc(C(F)(F)F)c(Cl)c(SC[C@H](CO)Oc3cnccn3)c2[nH]1. The average Bonchev–Trinajstić information content (AvgIpc) is 2.65. The lowest BCUT2D eigenvalue weighted by molar-refractivity contribution is -0.137. The van der Waals surface area contributed by atoms with Gasteiger partial charge >= 0.3 is 11.9 Å². The first-order chi connectivity index (χ1) is 13.7. The molecule has 3 N–H and O–H groups in total. The highest BCUT2D eigenvalue weighted by molar-refractivity contribution is 7.99. The Morgan fingerprint density at radius 3 is 2.66 bits per heavy atom. The molecule has 3 aromatic rings. The maximum Gasteiger partial charge on any atom is 0.417 e. The van der Waals surface area contributed by atoms with Gasteiger partial charge in [-0.25, -0.2) is 9.78 Å². The minimum Gasteiger partial charge on any atom is -0.470 e. The Morgan fingerprint density at radius 1 is 1.28 bits per heavy atom. The van der Waals surface area contributed by atoms with Crippen LogP contribution in [0.15, 0.2) is 39.1 Å². The third-order valence-electron chi connectivity index (χ3n) is 3.68. The summed E-state index contributed by atoms with van der Waals surface area (Å²) in [5.74, 6) is 0.0508. The maximum atomic E-state index is 13.4. The Hall–Kier alpha value is -2.57. The molecular weight excluding hydrogens is 437 g/mol. The van der Waals surface area contributed by atoms with Crippen molar-refractivity contribution in [2.45, 2.75) is 17.2 Å². The Balaban J connectivity index is 2.02. The summed E-state index contributed by atoms with van der Waals surface area (Å²) in [5, 5.41) is 8.46. The fraction of sp³-hybridized carbons (Fsp3) is 0.250. The number of aliphatic hydroxyl groups is 1. The van der Waals surface area contributed by atoms with Crippen LogP contribution in [0.3, 0.4) is 0 Å². The number of aromatic nitrogens is 4. The second-order valence-electron chi connectivity index (χ2n) is 5.67. The average molecular weight is 449 g/mol. The smallest absolute Gasteiger partial charge is 0.417 e. The molecule has 0 aliphatic rings. The number of nitrogens with zero attached hydrogens (tertiary/aromatic N) is 2. The molecular formula is C16H12ClF3N4O4S. The molecule has 1 aromatic carbocycles.